The van der Waals surface area contributed by atoms with Gasteiger partial charge in [-0.1, -0.05) is 0 Å². The molecule has 0 aliphatic carbocycles. The molecule has 1 atom stereocenters. The van der Waals surface area contributed by atoms with Crippen LogP contribution in [-0.2, 0) is 4.79 Å². The predicted molar refractivity (Wildman–Crippen MR) is 37.5 cm³/mol. The van der Waals surface area contributed by atoms with Crippen LogP contribution in [0.5, 0.6) is 0 Å². The molecule has 0 aromatic carbocycles. The Bertz CT molecular complexity index is 136. The molecule has 3 nitrogen and oxygen atoms in total. The quantitative estimate of drug-likeness (QED) is 0.564. The van der Waals surface area contributed by atoms with Gasteiger partial charge in [-0.25, -0.2) is 0 Å². The number of aliphatic hydroxyl groups excluding tert-OH is 1. The van der Waals surface area contributed by atoms with Crippen LogP contribution in [0.2, 0.25) is 0 Å². The average Bonchev–Trinajstić information content (AvgIpc) is 1.88. The van der Waals surface area contributed by atoms with E-state index in [1.165, 1.54) is 0 Å². The van der Waals surface area contributed by atoms with Crippen molar-refractivity contribution in [2.75, 3.05) is 13.2 Å². The van der Waals surface area contributed by atoms with E-state index in [4.69, 9.17) is 5.11 Å². The van der Waals surface area contributed by atoms with Crippen molar-refractivity contribution in [3.05, 3.63) is 0 Å². The summed E-state index contributed by atoms with van der Waals surface area (Å²) in [6, 6.07) is 0.322. The zero-order valence-electron chi connectivity index (χ0n) is 6.21. The molecule has 1 unspecified atom stereocenters. The summed E-state index contributed by atoms with van der Waals surface area (Å²) in [4.78, 5) is 12.6. The zero-order valence-corrected chi connectivity index (χ0v) is 6.21. The lowest BCUT2D eigenvalue weighted by Gasteiger charge is -2.39. The smallest absolute Gasteiger partial charge is 0.224 e. The first-order valence-corrected chi connectivity index (χ1v) is 3.70. The highest BCUT2D eigenvalue weighted by Gasteiger charge is 2.33. The van der Waals surface area contributed by atoms with Crippen molar-refractivity contribution in [2.24, 2.45) is 0 Å². The minimum atomic E-state index is 0.189. The molecular formula is C7H13NO2. The molecule has 1 fully saturated rings. The number of amides is 1. The molecule has 0 spiro atoms. The van der Waals surface area contributed by atoms with Crippen LogP contribution >= 0.6 is 0 Å². The fourth-order valence-electron chi connectivity index (χ4n) is 1.36. The van der Waals surface area contributed by atoms with E-state index in [2.05, 4.69) is 0 Å². The van der Waals surface area contributed by atoms with Crippen LogP contribution in [0.1, 0.15) is 19.8 Å². The van der Waals surface area contributed by atoms with E-state index in [-0.39, 0.29) is 12.5 Å². The lowest BCUT2D eigenvalue weighted by molar-refractivity contribution is -0.146. The summed E-state index contributed by atoms with van der Waals surface area (Å²) in [6.07, 6.45) is 1.37. The Morgan fingerprint density at radius 1 is 1.80 bits per heavy atom. The maximum atomic E-state index is 10.8. The molecule has 1 rings (SSSR count). The van der Waals surface area contributed by atoms with E-state index in [9.17, 15) is 4.79 Å². The highest BCUT2D eigenvalue weighted by molar-refractivity contribution is 5.82. The van der Waals surface area contributed by atoms with Gasteiger partial charge in [-0.3, -0.25) is 4.79 Å². The third-order valence-electron chi connectivity index (χ3n) is 1.97. The highest BCUT2D eigenvalue weighted by Crippen LogP contribution is 2.20. The first kappa shape index (κ1) is 7.54. The fourth-order valence-corrected chi connectivity index (χ4v) is 1.36. The van der Waals surface area contributed by atoms with E-state index >= 15 is 0 Å². The molecular weight excluding hydrogens is 130 g/mol. The van der Waals surface area contributed by atoms with E-state index in [1.54, 1.807) is 4.90 Å². The van der Waals surface area contributed by atoms with Crippen molar-refractivity contribution >= 4 is 5.91 Å². The molecule has 1 saturated heterocycles. The Morgan fingerprint density at radius 2 is 2.50 bits per heavy atom. The Hall–Kier alpha value is -0.570. The third-order valence-corrected chi connectivity index (χ3v) is 1.97. The summed E-state index contributed by atoms with van der Waals surface area (Å²) >= 11 is 0. The first-order valence-electron chi connectivity index (χ1n) is 3.70. The number of carbonyl (C=O) groups excluding carboxylic acids is 1. The van der Waals surface area contributed by atoms with Gasteiger partial charge in [0.1, 0.15) is 0 Å². The third kappa shape index (κ3) is 1.14. The lowest BCUT2D eigenvalue weighted by atomic mass is 9.99. The summed E-state index contributed by atoms with van der Waals surface area (Å²) in [6.45, 7) is 2.93. The van der Waals surface area contributed by atoms with E-state index in [1.807, 2.05) is 6.92 Å². The van der Waals surface area contributed by atoms with Crippen LogP contribution in [0, 0.1) is 0 Å². The van der Waals surface area contributed by atoms with Gasteiger partial charge in [0.15, 0.2) is 0 Å². The maximum Gasteiger partial charge on any atom is 0.224 e. The molecule has 0 saturated carbocycles. The van der Waals surface area contributed by atoms with Gasteiger partial charge in [-0.2, -0.15) is 0 Å². The molecule has 1 aliphatic rings. The summed E-state index contributed by atoms with van der Waals surface area (Å²) < 4.78 is 0. The maximum absolute atomic E-state index is 10.8. The summed E-state index contributed by atoms with van der Waals surface area (Å²) in [5.74, 6) is 0.223. The van der Waals surface area contributed by atoms with Gasteiger partial charge in [0, 0.05) is 25.6 Å². The molecule has 0 aromatic rings. The standard InChI is InChI=1S/C7H13NO2/c1-2-8-6(3-4-9)5-7(8)10/h6,9H,2-5H2,1H3. The molecule has 0 aromatic heterocycles. The predicted octanol–water partition coefficient (Wildman–Crippen LogP) is -0.0104. The zero-order chi connectivity index (χ0) is 7.56. The normalized spacial score (nSPS) is 24.8. The Balaban J connectivity index is 2.30. The number of carbonyl (C=O) groups is 1. The fraction of sp³-hybridized carbons (Fsp3) is 0.857. The van der Waals surface area contributed by atoms with Gasteiger partial charge < -0.3 is 10.0 Å². The van der Waals surface area contributed by atoms with Crippen LogP contribution in [-0.4, -0.2) is 35.1 Å². The van der Waals surface area contributed by atoms with Crippen molar-refractivity contribution in [2.45, 2.75) is 25.8 Å². The second kappa shape index (κ2) is 3.01. The topological polar surface area (TPSA) is 40.5 Å². The largest absolute Gasteiger partial charge is 0.396 e. The van der Waals surface area contributed by atoms with Crippen molar-refractivity contribution in [1.29, 1.82) is 0 Å². The lowest BCUT2D eigenvalue weighted by Crippen LogP contribution is -2.52. The molecule has 1 heterocycles. The number of rotatable bonds is 3. The van der Waals surface area contributed by atoms with Gasteiger partial charge in [-0.15, -0.1) is 0 Å². The van der Waals surface area contributed by atoms with Crippen LogP contribution in [0.15, 0.2) is 0 Å². The van der Waals surface area contributed by atoms with E-state index < -0.39 is 0 Å². The average molecular weight is 143 g/mol. The summed E-state index contributed by atoms with van der Waals surface area (Å²) in [5, 5.41) is 8.56. The van der Waals surface area contributed by atoms with Gasteiger partial charge in [0.25, 0.3) is 0 Å². The molecule has 1 aliphatic heterocycles. The molecule has 58 valence electrons. The molecule has 0 bridgehead atoms. The van der Waals surface area contributed by atoms with Crippen LogP contribution in [0.4, 0.5) is 0 Å². The van der Waals surface area contributed by atoms with Crippen molar-refractivity contribution in [1.82, 2.24) is 4.90 Å². The number of nitrogens with zero attached hydrogens (tertiary/aromatic N) is 1. The Morgan fingerprint density at radius 3 is 2.90 bits per heavy atom. The second-order valence-corrected chi connectivity index (χ2v) is 2.55. The SMILES string of the molecule is CCN1C(=O)CC1CCO. The van der Waals surface area contributed by atoms with E-state index in [0.717, 1.165) is 13.0 Å². The van der Waals surface area contributed by atoms with Gasteiger partial charge >= 0.3 is 0 Å². The molecule has 3 heteroatoms. The molecule has 1 amide bonds. The minimum absolute atomic E-state index is 0.189. The van der Waals surface area contributed by atoms with Crippen molar-refractivity contribution in [3.8, 4) is 0 Å². The minimum Gasteiger partial charge on any atom is -0.396 e. The van der Waals surface area contributed by atoms with Gasteiger partial charge in [-0.05, 0) is 13.3 Å². The Kier molecular flexibility index (Phi) is 2.27. The van der Waals surface area contributed by atoms with Gasteiger partial charge in [0.2, 0.25) is 5.91 Å². The van der Waals surface area contributed by atoms with Crippen LogP contribution < -0.4 is 0 Å². The van der Waals surface area contributed by atoms with Crippen LogP contribution in [0.25, 0.3) is 0 Å². The number of hydrogen-bond acceptors (Lipinski definition) is 2. The Labute approximate surface area is 60.6 Å². The monoisotopic (exact) mass is 143 g/mol. The highest BCUT2D eigenvalue weighted by atomic mass is 16.3. The van der Waals surface area contributed by atoms with Gasteiger partial charge in [0.05, 0.1) is 0 Å². The summed E-state index contributed by atoms with van der Waals surface area (Å²) in [7, 11) is 0. The molecule has 10 heavy (non-hydrogen) atoms. The first-order chi connectivity index (χ1) is 4.79. The number of hydrogen-bond donors (Lipinski definition) is 1. The van der Waals surface area contributed by atoms with Crippen LogP contribution in [0.3, 0.4) is 0 Å². The van der Waals surface area contributed by atoms with E-state index in [0.29, 0.717) is 12.5 Å². The number of likely N-dealkylation sites (tertiary alicyclic amines) is 1. The van der Waals surface area contributed by atoms with Crippen molar-refractivity contribution < 1.29 is 9.90 Å². The second-order valence-electron chi connectivity index (χ2n) is 2.55. The molecule has 0 radical (unpaired) electrons. The van der Waals surface area contributed by atoms with Crippen molar-refractivity contribution in [3.63, 3.8) is 0 Å². The summed E-state index contributed by atoms with van der Waals surface area (Å²) in [5.41, 5.74) is 0. The molecule has 1 N–H and O–H groups in total. The number of β-lactam (4-membered cyclic amide) rings is 1. The number of aliphatic hydroxyl groups is 1.